The molecule has 1 N–H and O–H groups in total. The van der Waals surface area contributed by atoms with Crippen LogP contribution in [0, 0.1) is 5.92 Å². The minimum absolute atomic E-state index is 0.0131. The normalized spacial score (nSPS) is 20.3. The van der Waals surface area contributed by atoms with Crippen LogP contribution in [-0.2, 0) is 24.4 Å². The standard InChI is InChI=1S/C22H32N4O5S/c1-18(27)24-14-8-19(9-15-24)22(29)25-12-5-13-26(16-10-21(28)23-11-17-25)32(30,31)20-6-3-2-4-7-20/h2-4,6-7,19H,5,8-17H2,1H3,(H,23,28). The summed E-state index contributed by atoms with van der Waals surface area (Å²) >= 11 is 0. The molecular formula is C22H32N4O5S. The molecule has 0 bridgehead atoms. The Balaban J connectivity index is 1.68. The van der Waals surface area contributed by atoms with E-state index in [4.69, 9.17) is 0 Å². The predicted molar refractivity (Wildman–Crippen MR) is 119 cm³/mol. The maximum atomic E-state index is 13.1. The summed E-state index contributed by atoms with van der Waals surface area (Å²) in [5.41, 5.74) is 0. The third-order valence-corrected chi connectivity index (χ3v) is 8.02. The van der Waals surface area contributed by atoms with Crippen LogP contribution in [0.15, 0.2) is 35.2 Å². The van der Waals surface area contributed by atoms with E-state index in [2.05, 4.69) is 5.32 Å². The van der Waals surface area contributed by atoms with Gasteiger partial charge in [-0.1, -0.05) is 18.2 Å². The van der Waals surface area contributed by atoms with Crippen LogP contribution in [0.25, 0.3) is 0 Å². The lowest BCUT2D eigenvalue weighted by molar-refractivity contribution is -0.140. The van der Waals surface area contributed by atoms with Crippen molar-refractivity contribution in [2.24, 2.45) is 5.92 Å². The van der Waals surface area contributed by atoms with Crippen molar-refractivity contribution in [3.63, 3.8) is 0 Å². The number of sulfonamides is 1. The highest BCUT2D eigenvalue weighted by atomic mass is 32.2. The first-order valence-electron chi connectivity index (χ1n) is 11.1. The Bertz CT molecular complexity index is 914. The molecule has 2 saturated heterocycles. The summed E-state index contributed by atoms with van der Waals surface area (Å²) in [6.07, 6.45) is 1.80. The number of hydrogen-bond acceptors (Lipinski definition) is 5. The minimum atomic E-state index is -3.73. The van der Waals surface area contributed by atoms with Crippen LogP contribution in [0.2, 0.25) is 0 Å². The first-order valence-corrected chi connectivity index (χ1v) is 12.6. The number of hydrogen-bond donors (Lipinski definition) is 1. The summed E-state index contributed by atoms with van der Waals surface area (Å²) in [5, 5.41) is 2.79. The molecule has 0 unspecified atom stereocenters. The Morgan fingerprint density at radius 3 is 2.28 bits per heavy atom. The molecule has 0 aliphatic carbocycles. The topological polar surface area (TPSA) is 107 Å². The van der Waals surface area contributed by atoms with E-state index in [1.54, 1.807) is 40.1 Å². The number of carbonyl (C=O) groups excluding carboxylic acids is 3. The van der Waals surface area contributed by atoms with Gasteiger partial charge in [0.2, 0.25) is 27.7 Å². The maximum absolute atomic E-state index is 13.1. The third-order valence-electron chi connectivity index (χ3n) is 6.11. The maximum Gasteiger partial charge on any atom is 0.243 e. The van der Waals surface area contributed by atoms with Crippen LogP contribution in [0.3, 0.4) is 0 Å². The second-order valence-electron chi connectivity index (χ2n) is 8.28. The summed E-state index contributed by atoms with van der Waals surface area (Å²) in [4.78, 5) is 40.6. The fourth-order valence-electron chi connectivity index (χ4n) is 4.21. The van der Waals surface area contributed by atoms with Gasteiger partial charge >= 0.3 is 0 Å². The number of carbonyl (C=O) groups is 3. The number of nitrogens with zero attached hydrogens (tertiary/aromatic N) is 3. The van der Waals surface area contributed by atoms with E-state index < -0.39 is 10.0 Å². The van der Waals surface area contributed by atoms with Crippen molar-refractivity contribution in [2.75, 3.05) is 45.8 Å². The average molecular weight is 465 g/mol. The highest BCUT2D eigenvalue weighted by Gasteiger charge is 2.30. The van der Waals surface area contributed by atoms with Crippen molar-refractivity contribution in [2.45, 2.75) is 37.5 Å². The molecule has 32 heavy (non-hydrogen) atoms. The SMILES string of the molecule is CC(=O)N1CCC(C(=O)N2CCCN(S(=O)(=O)c3ccccc3)CCC(=O)NCC2)CC1. The van der Waals surface area contributed by atoms with Crippen molar-refractivity contribution < 1.29 is 22.8 Å². The van der Waals surface area contributed by atoms with Crippen molar-refractivity contribution in [3.05, 3.63) is 30.3 Å². The molecular weight excluding hydrogens is 432 g/mol. The molecule has 2 fully saturated rings. The molecule has 2 aliphatic heterocycles. The Hall–Kier alpha value is -2.46. The molecule has 9 nitrogen and oxygen atoms in total. The molecule has 176 valence electrons. The van der Waals surface area contributed by atoms with Gasteiger partial charge in [0.15, 0.2) is 0 Å². The van der Waals surface area contributed by atoms with Gasteiger partial charge < -0.3 is 15.1 Å². The first kappa shape index (κ1) is 24.2. The smallest absolute Gasteiger partial charge is 0.243 e. The van der Waals surface area contributed by atoms with E-state index in [1.807, 2.05) is 0 Å². The van der Waals surface area contributed by atoms with Gasteiger partial charge in [0, 0.05) is 65.1 Å². The summed E-state index contributed by atoms with van der Waals surface area (Å²) in [6, 6.07) is 8.19. The Labute approximate surface area is 189 Å². The molecule has 1 aromatic rings. The zero-order valence-electron chi connectivity index (χ0n) is 18.5. The van der Waals surface area contributed by atoms with Crippen molar-refractivity contribution in [3.8, 4) is 0 Å². The second-order valence-corrected chi connectivity index (χ2v) is 10.2. The molecule has 2 heterocycles. The third kappa shape index (κ3) is 6.07. The molecule has 0 aromatic heterocycles. The monoisotopic (exact) mass is 464 g/mol. The van der Waals surface area contributed by atoms with Crippen molar-refractivity contribution in [1.82, 2.24) is 19.4 Å². The number of nitrogens with one attached hydrogen (secondary N) is 1. The van der Waals surface area contributed by atoms with E-state index in [9.17, 15) is 22.8 Å². The van der Waals surface area contributed by atoms with Crippen LogP contribution < -0.4 is 5.32 Å². The van der Waals surface area contributed by atoms with Crippen LogP contribution in [0.4, 0.5) is 0 Å². The highest BCUT2D eigenvalue weighted by molar-refractivity contribution is 7.89. The van der Waals surface area contributed by atoms with E-state index in [-0.39, 0.29) is 48.0 Å². The Morgan fingerprint density at radius 2 is 1.62 bits per heavy atom. The van der Waals surface area contributed by atoms with Gasteiger partial charge in [-0.25, -0.2) is 8.42 Å². The zero-order chi connectivity index (χ0) is 23.1. The summed E-state index contributed by atoms with van der Waals surface area (Å²) in [7, 11) is -3.73. The molecule has 0 spiro atoms. The zero-order valence-corrected chi connectivity index (χ0v) is 19.3. The molecule has 3 rings (SSSR count). The lowest BCUT2D eigenvalue weighted by Crippen LogP contribution is -2.46. The Kier molecular flexibility index (Phi) is 8.25. The van der Waals surface area contributed by atoms with E-state index >= 15 is 0 Å². The molecule has 10 heteroatoms. The van der Waals surface area contributed by atoms with E-state index in [1.165, 1.54) is 11.2 Å². The minimum Gasteiger partial charge on any atom is -0.354 e. The first-order chi connectivity index (χ1) is 15.3. The van der Waals surface area contributed by atoms with Crippen molar-refractivity contribution in [1.29, 1.82) is 0 Å². The lowest BCUT2D eigenvalue weighted by atomic mass is 9.95. The van der Waals surface area contributed by atoms with Gasteiger partial charge in [-0.3, -0.25) is 14.4 Å². The van der Waals surface area contributed by atoms with Gasteiger partial charge in [-0.15, -0.1) is 0 Å². The summed E-state index contributed by atoms with van der Waals surface area (Å²) in [6.45, 7) is 4.15. The largest absolute Gasteiger partial charge is 0.354 e. The number of benzene rings is 1. The number of rotatable bonds is 3. The fourth-order valence-corrected chi connectivity index (χ4v) is 5.71. The fraction of sp³-hybridized carbons (Fsp3) is 0.591. The van der Waals surface area contributed by atoms with Crippen LogP contribution in [-0.4, -0.2) is 86.1 Å². The highest BCUT2D eigenvalue weighted by Crippen LogP contribution is 2.21. The molecule has 2 aliphatic rings. The summed E-state index contributed by atoms with van der Waals surface area (Å²) in [5.74, 6) is -0.356. The number of amides is 3. The van der Waals surface area contributed by atoms with Crippen LogP contribution in [0.5, 0.6) is 0 Å². The number of likely N-dealkylation sites (tertiary alicyclic amines) is 1. The van der Waals surface area contributed by atoms with Crippen molar-refractivity contribution >= 4 is 27.7 Å². The van der Waals surface area contributed by atoms with E-state index in [0.29, 0.717) is 52.0 Å². The second kappa shape index (κ2) is 10.9. The molecule has 1 aromatic carbocycles. The van der Waals surface area contributed by atoms with Gasteiger partial charge in [-0.2, -0.15) is 4.31 Å². The van der Waals surface area contributed by atoms with Crippen LogP contribution >= 0.6 is 0 Å². The molecule has 3 amide bonds. The summed E-state index contributed by atoms with van der Waals surface area (Å²) < 4.78 is 27.5. The molecule has 0 saturated carbocycles. The predicted octanol–water partition coefficient (Wildman–Crippen LogP) is 0.674. The quantitative estimate of drug-likeness (QED) is 0.708. The number of piperidine rings is 1. The van der Waals surface area contributed by atoms with Crippen LogP contribution in [0.1, 0.15) is 32.6 Å². The average Bonchev–Trinajstić information content (AvgIpc) is 2.84. The van der Waals surface area contributed by atoms with Gasteiger partial charge in [0.1, 0.15) is 0 Å². The van der Waals surface area contributed by atoms with Gasteiger partial charge in [0.05, 0.1) is 4.90 Å². The van der Waals surface area contributed by atoms with Gasteiger partial charge in [0.25, 0.3) is 0 Å². The lowest BCUT2D eigenvalue weighted by Gasteiger charge is -2.34. The Morgan fingerprint density at radius 1 is 0.938 bits per heavy atom. The van der Waals surface area contributed by atoms with E-state index in [0.717, 1.165) is 0 Å². The molecule has 0 radical (unpaired) electrons. The molecule has 0 atom stereocenters. The van der Waals surface area contributed by atoms with Gasteiger partial charge in [-0.05, 0) is 31.4 Å².